The van der Waals surface area contributed by atoms with Crippen LogP contribution in [-0.2, 0) is 0 Å². The number of rotatable bonds is 2. The molecule has 0 atom stereocenters. The van der Waals surface area contributed by atoms with Crippen LogP contribution in [0.15, 0.2) is 10.2 Å². The van der Waals surface area contributed by atoms with Crippen molar-refractivity contribution in [3.8, 4) is 0 Å². The van der Waals surface area contributed by atoms with E-state index in [4.69, 9.17) is 0 Å². The van der Waals surface area contributed by atoms with E-state index in [9.17, 15) is 0 Å². The molecule has 38 valence electrons. The van der Waals surface area contributed by atoms with Crippen LogP contribution in [0, 0.1) is 0 Å². The standard InChI is InChI=1S/C5H10I/c1-3-4-5-6-2/h4-5H,3H2,1-2H3/q-1/b5-4+. The van der Waals surface area contributed by atoms with Crippen molar-refractivity contribution < 1.29 is 21.2 Å². The number of hydrogen-bond donors (Lipinski definition) is 0. The molecule has 0 aliphatic heterocycles. The van der Waals surface area contributed by atoms with E-state index in [0.29, 0.717) is 21.2 Å². The molecule has 0 amide bonds. The van der Waals surface area contributed by atoms with Crippen LogP contribution < -0.4 is 21.2 Å². The fourth-order valence-corrected chi connectivity index (χ4v) is 1.20. The Hall–Kier alpha value is 0.470. The van der Waals surface area contributed by atoms with Crippen molar-refractivity contribution in [1.82, 2.24) is 0 Å². The summed E-state index contributed by atoms with van der Waals surface area (Å²) in [6, 6.07) is 0. The maximum atomic E-state index is 2.29. The zero-order valence-electron chi connectivity index (χ0n) is 4.24. The first-order valence-corrected chi connectivity index (χ1v) is 5.45. The van der Waals surface area contributed by atoms with Crippen LogP contribution >= 0.6 is 0 Å². The van der Waals surface area contributed by atoms with Crippen LogP contribution in [0.5, 0.6) is 0 Å². The third kappa shape index (κ3) is 4.47. The summed E-state index contributed by atoms with van der Waals surface area (Å²) in [6.07, 6.45) is 3.43. The van der Waals surface area contributed by atoms with Crippen LogP contribution in [0.3, 0.4) is 0 Å². The van der Waals surface area contributed by atoms with E-state index in [-0.39, 0.29) is 0 Å². The van der Waals surface area contributed by atoms with E-state index in [2.05, 4.69) is 22.0 Å². The Morgan fingerprint density at radius 1 is 1.67 bits per heavy atom. The zero-order valence-corrected chi connectivity index (χ0v) is 6.40. The minimum absolute atomic E-state index is 0.420. The molecule has 0 rings (SSSR count). The van der Waals surface area contributed by atoms with Gasteiger partial charge in [-0.3, -0.25) is 0 Å². The Morgan fingerprint density at radius 2 is 2.33 bits per heavy atom. The van der Waals surface area contributed by atoms with Gasteiger partial charge in [0.2, 0.25) is 0 Å². The van der Waals surface area contributed by atoms with Gasteiger partial charge >= 0.3 is 49.6 Å². The summed E-state index contributed by atoms with van der Waals surface area (Å²) in [5.41, 5.74) is 0. The van der Waals surface area contributed by atoms with Crippen molar-refractivity contribution >= 4 is 0 Å². The van der Waals surface area contributed by atoms with Crippen LogP contribution in [0.2, 0.25) is 0 Å². The van der Waals surface area contributed by atoms with Gasteiger partial charge < -0.3 is 0 Å². The fourth-order valence-electron chi connectivity index (χ4n) is 0.178. The molecule has 0 aromatic heterocycles. The van der Waals surface area contributed by atoms with E-state index in [1.807, 2.05) is 0 Å². The number of halogens is 1. The van der Waals surface area contributed by atoms with E-state index in [1.165, 1.54) is 6.42 Å². The molecule has 0 N–H and O–H groups in total. The third-order valence-corrected chi connectivity index (χ3v) is 1.68. The molecule has 0 radical (unpaired) electrons. The molecule has 0 unspecified atom stereocenters. The van der Waals surface area contributed by atoms with Crippen LogP contribution in [0.1, 0.15) is 13.3 Å². The first kappa shape index (κ1) is 6.47. The van der Waals surface area contributed by atoms with Gasteiger partial charge in [-0.25, -0.2) is 0 Å². The predicted molar refractivity (Wildman–Crippen MR) is 25.4 cm³/mol. The summed E-state index contributed by atoms with van der Waals surface area (Å²) in [5.74, 6) is 0. The van der Waals surface area contributed by atoms with Gasteiger partial charge in [-0.05, 0) is 0 Å². The molecule has 0 aliphatic carbocycles. The molecule has 0 heterocycles. The first-order chi connectivity index (χ1) is 2.91. The maximum absolute atomic E-state index is 2.29. The average molecular weight is 197 g/mol. The van der Waals surface area contributed by atoms with Crippen LogP contribution in [0.4, 0.5) is 0 Å². The number of alkyl halides is 1. The second-order valence-electron chi connectivity index (χ2n) is 0.988. The molecular formula is C5H10I-. The summed E-state index contributed by atoms with van der Waals surface area (Å²) in [4.78, 5) is 2.26. The topological polar surface area (TPSA) is 0 Å². The Kier molecular flexibility index (Phi) is 5.90. The third-order valence-electron chi connectivity index (χ3n) is 0.451. The van der Waals surface area contributed by atoms with Crippen molar-refractivity contribution in [3.63, 3.8) is 0 Å². The van der Waals surface area contributed by atoms with Crippen molar-refractivity contribution in [2.24, 2.45) is 0 Å². The van der Waals surface area contributed by atoms with Crippen LogP contribution in [0.25, 0.3) is 0 Å². The Morgan fingerprint density at radius 3 is 2.50 bits per heavy atom. The van der Waals surface area contributed by atoms with Gasteiger partial charge in [-0.1, -0.05) is 0 Å². The molecule has 1 heteroatoms. The summed E-state index contributed by atoms with van der Waals surface area (Å²) >= 11 is 0.420. The van der Waals surface area contributed by atoms with Crippen molar-refractivity contribution in [1.29, 1.82) is 0 Å². The Labute approximate surface area is 49.9 Å². The molecule has 0 spiro atoms. The molecule has 0 nitrogen and oxygen atoms in total. The molecule has 0 saturated carbocycles. The van der Waals surface area contributed by atoms with E-state index >= 15 is 0 Å². The SMILES string of the molecule is CC/C=C/[I-]C. The second kappa shape index (κ2) is 5.47. The van der Waals surface area contributed by atoms with Gasteiger partial charge in [0.05, 0.1) is 0 Å². The molecule has 0 saturated heterocycles. The monoisotopic (exact) mass is 197 g/mol. The normalized spacial score (nSPS) is 11.0. The van der Waals surface area contributed by atoms with Gasteiger partial charge in [-0.15, -0.1) is 0 Å². The van der Waals surface area contributed by atoms with E-state index < -0.39 is 0 Å². The molecule has 0 aliphatic rings. The molecule has 0 aromatic rings. The quantitative estimate of drug-likeness (QED) is 0.378. The van der Waals surface area contributed by atoms with Crippen molar-refractivity contribution in [3.05, 3.63) is 10.2 Å². The molecule has 0 bridgehead atoms. The number of hydrogen-bond acceptors (Lipinski definition) is 0. The second-order valence-corrected chi connectivity index (χ2v) is 2.95. The van der Waals surface area contributed by atoms with Gasteiger partial charge in [-0.2, -0.15) is 0 Å². The molecular weight excluding hydrogens is 187 g/mol. The van der Waals surface area contributed by atoms with Gasteiger partial charge in [0.25, 0.3) is 0 Å². The Bertz CT molecular complexity index is 33.2. The van der Waals surface area contributed by atoms with E-state index in [1.54, 1.807) is 0 Å². The summed E-state index contributed by atoms with van der Waals surface area (Å²) in [5, 5.41) is 0. The van der Waals surface area contributed by atoms with Gasteiger partial charge in [0.1, 0.15) is 0 Å². The van der Waals surface area contributed by atoms with Crippen molar-refractivity contribution in [2.45, 2.75) is 13.3 Å². The fraction of sp³-hybridized carbons (Fsp3) is 0.600. The molecule has 0 fully saturated rings. The van der Waals surface area contributed by atoms with Crippen LogP contribution in [-0.4, -0.2) is 4.93 Å². The minimum atomic E-state index is 0.420. The summed E-state index contributed by atoms with van der Waals surface area (Å²) in [7, 11) is 0. The Balaban J connectivity index is 2.73. The predicted octanol–water partition coefficient (Wildman–Crippen LogP) is -1.37. The molecule has 6 heavy (non-hydrogen) atoms. The molecule has 0 aromatic carbocycles. The summed E-state index contributed by atoms with van der Waals surface area (Å²) in [6.45, 7) is 2.16. The summed E-state index contributed by atoms with van der Waals surface area (Å²) < 4.78 is 2.29. The van der Waals surface area contributed by atoms with Gasteiger partial charge in [0.15, 0.2) is 0 Å². The zero-order chi connectivity index (χ0) is 4.83. The van der Waals surface area contributed by atoms with E-state index in [0.717, 1.165) is 0 Å². The van der Waals surface area contributed by atoms with Crippen molar-refractivity contribution in [2.75, 3.05) is 4.93 Å². The van der Waals surface area contributed by atoms with Gasteiger partial charge in [0, 0.05) is 0 Å². The first-order valence-electron chi connectivity index (χ1n) is 2.04. The number of allylic oxidation sites excluding steroid dienone is 1. The average Bonchev–Trinajstić information content (AvgIpc) is 1.61.